The average Bonchev–Trinajstić information content (AvgIpc) is 3.09. The Labute approximate surface area is 168 Å². The molecule has 144 valence electrons. The van der Waals surface area contributed by atoms with Crippen LogP contribution < -0.4 is 21.7 Å². The molecule has 1 unspecified atom stereocenters. The van der Waals surface area contributed by atoms with Crippen molar-refractivity contribution in [2.45, 2.75) is 30.6 Å². The van der Waals surface area contributed by atoms with E-state index in [9.17, 15) is 9.59 Å². The normalized spacial score (nSPS) is 21.2. The fraction of sp³-hybridized carbons (Fsp3) is 0.350. The first-order valence-corrected chi connectivity index (χ1v) is 9.92. The van der Waals surface area contributed by atoms with Crippen molar-refractivity contribution in [2.75, 3.05) is 13.1 Å². The summed E-state index contributed by atoms with van der Waals surface area (Å²) in [4.78, 5) is 24.5. The number of nitrogens with zero attached hydrogens (tertiary/aromatic N) is 1. The zero-order valence-corrected chi connectivity index (χ0v) is 16.1. The summed E-state index contributed by atoms with van der Waals surface area (Å²) in [5.74, 6) is 5.95. The third-order valence-corrected chi connectivity index (χ3v) is 5.64. The predicted octanol–water partition coefficient (Wildman–Crippen LogP) is 1.16. The molecule has 7 nitrogen and oxygen atoms in total. The van der Waals surface area contributed by atoms with E-state index in [1.165, 1.54) is 11.8 Å². The van der Waals surface area contributed by atoms with Gasteiger partial charge >= 0.3 is 6.03 Å². The van der Waals surface area contributed by atoms with E-state index in [4.69, 9.17) is 11.0 Å². The van der Waals surface area contributed by atoms with Gasteiger partial charge in [-0.2, -0.15) is 5.26 Å². The molecule has 3 amide bonds. The van der Waals surface area contributed by atoms with Crippen LogP contribution in [0, 0.1) is 23.2 Å². The summed E-state index contributed by atoms with van der Waals surface area (Å²) in [6.45, 7) is 1.70. The molecule has 0 spiro atoms. The quantitative estimate of drug-likeness (QED) is 0.573. The molecule has 0 radical (unpaired) electrons. The second-order valence-corrected chi connectivity index (χ2v) is 7.80. The highest BCUT2D eigenvalue weighted by Gasteiger charge is 2.30. The minimum Gasteiger partial charge on any atom is -0.351 e. The maximum atomic E-state index is 12.7. The third-order valence-electron chi connectivity index (χ3n) is 4.41. The zero-order valence-electron chi connectivity index (χ0n) is 15.2. The zero-order chi connectivity index (χ0) is 19.9. The number of urea groups is 1. The minimum absolute atomic E-state index is 0.0723. The number of nitrogens with two attached hydrogens (primary N) is 1. The Bertz CT molecular complexity index is 903. The molecule has 3 rings (SSSR count). The van der Waals surface area contributed by atoms with Gasteiger partial charge in [0.2, 0.25) is 0 Å². The standard InChI is InChI=1S/C20H21N5O2S/c21-11-14-4-1-3-13(9-14)6-7-16-10-17(25-20(22)27)18(28-16)19(26)24-15-5-2-8-23-12-15/h1,3-4,9,15-16,23H,2,5,8,10,12H2,(H,24,26)(H3,22,25,27)/t15-,16?/m0/s1. The smallest absolute Gasteiger partial charge is 0.316 e. The van der Waals surface area contributed by atoms with Crippen LogP contribution in [0.3, 0.4) is 0 Å². The van der Waals surface area contributed by atoms with Crippen molar-refractivity contribution in [3.05, 3.63) is 46.0 Å². The van der Waals surface area contributed by atoms with Crippen LogP contribution in [0.15, 0.2) is 34.9 Å². The van der Waals surface area contributed by atoms with Crippen LogP contribution in [0.25, 0.3) is 0 Å². The van der Waals surface area contributed by atoms with E-state index in [1.54, 1.807) is 18.2 Å². The van der Waals surface area contributed by atoms with Crippen molar-refractivity contribution in [3.8, 4) is 17.9 Å². The summed E-state index contributed by atoms with van der Waals surface area (Å²) in [5, 5.41) is 17.6. The Balaban J connectivity index is 1.71. The summed E-state index contributed by atoms with van der Waals surface area (Å²) < 4.78 is 0. The molecule has 8 heteroatoms. The van der Waals surface area contributed by atoms with Crippen LogP contribution in [0.2, 0.25) is 0 Å². The number of hydrogen-bond donors (Lipinski definition) is 4. The van der Waals surface area contributed by atoms with Gasteiger partial charge in [0.05, 0.1) is 21.8 Å². The Morgan fingerprint density at radius 2 is 2.14 bits per heavy atom. The monoisotopic (exact) mass is 395 g/mol. The number of hydrogen-bond acceptors (Lipinski definition) is 5. The van der Waals surface area contributed by atoms with E-state index >= 15 is 0 Å². The Hall–Kier alpha value is -2.94. The summed E-state index contributed by atoms with van der Waals surface area (Å²) >= 11 is 1.32. The molecule has 0 aliphatic carbocycles. The number of primary amides is 1. The van der Waals surface area contributed by atoms with E-state index in [0.717, 1.165) is 31.5 Å². The number of allylic oxidation sites excluding steroid dienone is 1. The molecule has 28 heavy (non-hydrogen) atoms. The lowest BCUT2D eigenvalue weighted by Crippen LogP contribution is -2.46. The van der Waals surface area contributed by atoms with E-state index in [1.807, 2.05) is 6.07 Å². The van der Waals surface area contributed by atoms with Gasteiger partial charge in [0.15, 0.2) is 0 Å². The van der Waals surface area contributed by atoms with Crippen LogP contribution in [0.1, 0.15) is 30.4 Å². The fourth-order valence-electron chi connectivity index (χ4n) is 3.12. The van der Waals surface area contributed by atoms with Crippen molar-refractivity contribution in [1.29, 1.82) is 5.26 Å². The second-order valence-electron chi connectivity index (χ2n) is 6.59. The van der Waals surface area contributed by atoms with Crippen LogP contribution in [0.5, 0.6) is 0 Å². The highest BCUT2D eigenvalue weighted by molar-refractivity contribution is 8.05. The first kappa shape index (κ1) is 19.8. The van der Waals surface area contributed by atoms with Crippen molar-refractivity contribution >= 4 is 23.7 Å². The molecule has 2 aliphatic rings. The lowest BCUT2D eigenvalue weighted by molar-refractivity contribution is -0.117. The topological polar surface area (TPSA) is 120 Å². The third kappa shape index (κ3) is 5.29. The van der Waals surface area contributed by atoms with Crippen molar-refractivity contribution in [2.24, 2.45) is 5.73 Å². The number of nitriles is 1. The average molecular weight is 395 g/mol. The van der Waals surface area contributed by atoms with Gasteiger partial charge in [-0.25, -0.2) is 4.79 Å². The fourth-order valence-corrected chi connectivity index (χ4v) is 4.21. The summed E-state index contributed by atoms with van der Waals surface area (Å²) in [7, 11) is 0. The van der Waals surface area contributed by atoms with Gasteiger partial charge in [-0.1, -0.05) is 17.9 Å². The lowest BCUT2D eigenvalue weighted by atomic mass is 10.1. The molecular formula is C20H21N5O2S. The number of thioether (sulfide) groups is 1. The molecular weight excluding hydrogens is 374 g/mol. The number of amides is 3. The number of piperidine rings is 1. The van der Waals surface area contributed by atoms with Gasteiger partial charge < -0.3 is 21.7 Å². The maximum absolute atomic E-state index is 12.7. The van der Waals surface area contributed by atoms with E-state index in [0.29, 0.717) is 22.6 Å². The van der Waals surface area contributed by atoms with Gasteiger partial charge in [-0.15, -0.1) is 11.8 Å². The highest BCUT2D eigenvalue weighted by Crippen LogP contribution is 2.36. The molecule has 0 bridgehead atoms. The van der Waals surface area contributed by atoms with Crippen molar-refractivity contribution < 1.29 is 9.59 Å². The summed E-state index contributed by atoms with van der Waals surface area (Å²) in [6, 6.07) is 8.49. The van der Waals surface area contributed by atoms with Gasteiger partial charge in [-0.05, 0) is 37.6 Å². The maximum Gasteiger partial charge on any atom is 0.316 e. The van der Waals surface area contributed by atoms with Crippen LogP contribution >= 0.6 is 11.8 Å². The van der Waals surface area contributed by atoms with Gasteiger partial charge in [0.1, 0.15) is 0 Å². The Morgan fingerprint density at radius 1 is 1.32 bits per heavy atom. The molecule has 0 saturated carbocycles. The van der Waals surface area contributed by atoms with Gasteiger partial charge in [-0.3, -0.25) is 4.79 Å². The number of carbonyl (C=O) groups is 2. The molecule has 0 aromatic heterocycles. The number of carbonyl (C=O) groups excluding carboxylic acids is 2. The van der Waals surface area contributed by atoms with E-state index < -0.39 is 6.03 Å². The SMILES string of the molecule is N#Cc1cccc(C#CC2CC(NC(N)=O)=C(C(=O)N[C@H]3CCCNC3)S2)c1. The predicted molar refractivity (Wildman–Crippen MR) is 108 cm³/mol. The van der Waals surface area contributed by atoms with Crippen LogP contribution in [-0.2, 0) is 4.79 Å². The van der Waals surface area contributed by atoms with Gasteiger partial charge in [0.25, 0.3) is 5.91 Å². The second kappa shape index (κ2) is 9.32. The van der Waals surface area contributed by atoms with Crippen molar-refractivity contribution in [1.82, 2.24) is 16.0 Å². The first-order valence-electron chi connectivity index (χ1n) is 9.04. The summed E-state index contributed by atoms with van der Waals surface area (Å²) in [6.07, 6.45) is 2.36. The highest BCUT2D eigenvalue weighted by atomic mass is 32.2. The van der Waals surface area contributed by atoms with Crippen LogP contribution in [0.4, 0.5) is 4.79 Å². The summed E-state index contributed by atoms with van der Waals surface area (Å²) in [5.41, 5.74) is 7.04. The molecule has 5 N–H and O–H groups in total. The van der Waals surface area contributed by atoms with E-state index in [-0.39, 0.29) is 17.2 Å². The molecule has 2 heterocycles. The lowest BCUT2D eigenvalue weighted by Gasteiger charge is -2.24. The van der Waals surface area contributed by atoms with Gasteiger partial charge in [0, 0.05) is 30.3 Å². The van der Waals surface area contributed by atoms with Crippen molar-refractivity contribution in [3.63, 3.8) is 0 Å². The number of nitrogens with one attached hydrogen (secondary N) is 3. The largest absolute Gasteiger partial charge is 0.351 e. The minimum atomic E-state index is -0.699. The first-order chi connectivity index (χ1) is 13.5. The molecule has 1 saturated heterocycles. The molecule has 2 aliphatic heterocycles. The Morgan fingerprint density at radius 3 is 2.86 bits per heavy atom. The van der Waals surface area contributed by atoms with E-state index in [2.05, 4.69) is 33.9 Å². The number of benzene rings is 1. The Kier molecular flexibility index (Phi) is 6.59. The molecule has 1 aromatic rings. The van der Waals surface area contributed by atoms with Crippen LogP contribution in [-0.4, -0.2) is 36.3 Å². The molecule has 1 aromatic carbocycles. The number of rotatable bonds is 3. The molecule has 2 atom stereocenters. The molecule has 1 fully saturated rings.